The Bertz CT molecular complexity index is 342. The number of rotatable bonds is 2. The highest BCUT2D eigenvalue weighted by Crippen LogP contribution is 2.39. The van der Waals surface area contributed by atoms with Gasteiger partial charge < -0.3 is 15.0 Å². The fourth-order valence-corrected chi connectivity index (χ4v) is 3.33. The number of likely N-dealkylation sites (tertiary alicyclic amines) is 1. The van der Waals surface area contributed by atoms with E-state index >= 15 is 0 Å². The molecule has 110 valence electrons. The van der Waals surface area contributed by atoms with Gasteiger partial charge in [-0.25, -0.2) is 0 Å². The molecule has 3 rings (SSSR count). The smallest absolute Gasteiger partial charge is 0.193 e. The molecule has 0 amide bonds. The lowest BCUT2D eigenvalue weighted by Gasteiger charge is -2.25. The summed E-state index contributed by atoms with van der Waals surface area (Å²) in [7, 11) is 1.90. The van der Waals surface area contributed by atoms with E-state index in [1.807, 2.05) is 7.05 Å². The van der Waals surface area contributed by atoms with E-state index in [9.17, 15) is 0 Å². The van der Waals surface area contributed by atoms with Gasteiger partial charge in [0.25, 0.3) is 0 Å². The molecule has 0 radical (unpaired) electrons. The molecular weight excluding hydrogens is 353 g/mol. The minimum absolute atomic E-state index is 0. The van der Waals surface area contributed by atoms with Crippen LogP contribution in [0.25, 0.3) is 0 Å². The Kier molecular flexibility index (Phi) is 4.98. The van der Waals surface area contributed by atoms with Crippen molar-refractivity contribution in [3.63, 3.8) is 0 Å². The number of ether oxygens (including phenoxy) is 1. The van der Waals surface area contributed by atoms with Gasteiger partial charge >= 0.3 is 0 Å². The summed E-state index contributed by atoms with van der Waals surface area (Å²) in [6.45, 7) is 7.55. The first-order valence-electron chi connectivity index (χ1n) is 7.26. The van der Waals surface area contributed by atoms with Gasteiger partial charge in [-0.05, 0) is 31.1 Å². The number of hydrogen-bond acceptors (Lipinski definition) is 2. The molecule has 1 spiro atoms. The quantitative estimate of drug-likeness (QED) is 0.453. The van der Waals surface area contributed by atoms with Crippen LogP contribution in [0.5, 0.6) is 0 Å². The van der Waals surface area contributed by atoms with Crippen LogP contribution < -0.4 is 5.32 Å². The highest BCUT2D eigenvalue weighted by Gasteiger charge is 2.42. The Labute approximate surface area is 133 Å². The van der Waals surface area contributed by atoms with Gasteiger partial charge in [-0.1, -0.05) is 6.92 Å². The molecule has 3 aliphatic rings. The van der Waals surface area contributed by atoms with Crippen molar-refractivity contribution in [2.45, 2.75) is 26.2 Å². The first-order chi connectivity index (χ1) is 8.72. The second-order valence-corrected chi connectivity index (χ2v) is 6.38. The molecule has 1 N–H and O–H groups in total. The fourth-order valence-electron chi connectivity index (χ4n) is 3.33. The summed E-state index contributed by atoms with van der Waals surface area (Å²) in [6.07, 6.45) is 3.86. The third-order valence-corrected chi connectivity index (χ3v) is 4.93. The topological polar surface area (TPSA) is 36.9 Å². The van der Waals surface area contributed by atoms with E-state index < -0.39 is 0 Å². The molecule has 19 heavy (non-hydrogen) atoms. The molecular formula is C14H26IN3O. The molecule has 0 bridgehead atoms. The minimum atomic E-state index is 0. The summed E-state index contributed by atoms with van der Waals surface area (Å²) in [4.78, 5) is 6.86. The summed E-state index contributed by atoms with van der Waals surface area (Å²) >= 11 is 0. The van der Waals surface area contributed by atoms with E-state index in [1.165, 1.54) is 19.3 Å². The summed E-state index contributed by atoms with van der Waals surface area (Å²) in [5.74, 6) is 2.87. The maximum absolute atomic E-state index is 5.58. The molecule has 3 fully saturated rings. The van der Waals surface area contributed by atoms with Crippen LogP contribution in [0.1, 0.15) is 26.2 Å². The third kappa shape index (κ3) is 3.35. The lowest BCUT2D eigenvalue weighted by Crippen LogP contribution is -2.42. The number of aliphatic imine (C=N–C) groups is 1. The Morgan fingerprint density at radius 2 is 2.26 bits per heavy atom. The molecule has 1 saturated carbocycles. The Morgan fingerprint density at radius 3 is 2.84 bits per heavy atom. The SMILES string of the molecule is CN=C(NCC1CC1C)N1CCC2(CCOC2)C1.I. The summed E-state index contributed by atoms with van der Waals surface area (Å²) in [5, 5.41) is 3.55. The molecule has 2 heterocycles. The molecule has 0 aromatic carbocycles. The van der Waals surface area contributed by atoms with Crippen molar-refractivity contribution in [1.29, 1.82) is 0 Å². The van der Waals surface area contributed by atoms with Gasteiger partial charge in [0.05, 0.1) is 6.61 Å². The zero-order valence-electron chi connectivity index (χ0n) is 12.0. The standard InChI is InChI=1S/C14H25N3O.HI/c1-11-7-12(11)8-16-13(15-2)17-5-3-14(9-17)4-6-18-10-14;/h11-12H,3-10H2,1-2H3,(H,15,16);1H. The van der Waals surface area contributed by atoms with Crippen molar-refractivity contribution >= 4 is 29.9 Å². The zero-order valence-corrected chi connectivity index (χ0v) is 14.4. The number of halogens is 1. The molecule has 2 saturated heterocycles. The highest BCUT2D eigenvalue weighted by molar-refractivity contribution is 14.0. The van der Waals surface area contributed by atoms with E-state index in [2.05, 4.69) is 22.1 Å². The molecule has 5 heteroatoms. The summed E-state index contributed by atoms with van der Waals surface area (Å²) in [6, 6.07) is 0. The maximum Gasteiger partial charge on any atom is 0.193 e. The minimum Gasteiger partial charge on any atom is -0.381 e. The first kappa shape index (κ1) is 15.4. The van der Waals surface area contributed by atoms with Crippen LogP contribution in [0, 0.1) is 17.3 Å². The number of guanidine groups is 1. The average molecular weight is 379 g/mol. The van der Waals surface area contributed by atoms with Gasteiger partial charge in [0.2, 0.25) is 0 Å². The molecule has 0 aromatic rings. The summed E-state index contributed by atoms with van der Waals surface area (Å²) < 4.78 is 5.58. The second kappa shape index (κ2) is 6.16. The van der Waals surface area contributed by atoms with Crippen LogP contribution in [-0.2, 0) is 4.74 Å². The molecule has 3 unspecified atom stereocenters. The van der Waals surface area contributed by atoms with Gasteiger partial charge in [-0.15, -0.1) is 24.0 Å². The summed E-state index contributed by atoms with van der Waals surface area (Å²) in [5.41, 5.74) is 0.421. The number of nitrogens with one attached hydrogen (secondary N) is 1. The van der Waals surface area contributed by atoms with Crippen LogP contribution in [0.2, 0.25) is 0 Å². The molecule has 0 aromatic heterocycles. The largest absolute Gasteiger partial charge is 0.381 e. The van der Waals surface area contributed by atoms with Crippen molar-refractivity contribution in [3.8, 4) is 0 Å². The lowest BCUT2D eigenvalue weighted by molar-refractivity contribution is 0.156. The van der Waals surface area contributed by atoms with Gasteiger partial charge in [-0.2, -0.15) is 0 Å². The monoisotopic (exact) mass is 379 g/mol. The van der Waals surface area contributed by atoms with Crippen molar-refractivity contribution in [2.24, 2.45) is 22.2 Å². The van der Waals surface area contributed by atoms with Crippen LogP contribution in [0.15, 0.2) is 4.99 Å². The van der Waals surface area contributed by atoms with Crippen molar-refractivity contribution in [1.82, 2.24) is 10.2 Å². The van der Waals surface area contributed by atoms with E-state index in [0.29, 0.717) is 5.41 Å². The van der Waals surface area contributed by atoms with E-state index in [4.69, 9.17) is 4.74 Å². The van der Waals surface area contributed by atoms with Gasteiger partial charge in [0.1, 0.15) is 0 Å². The van der Waals surface area contributed by atoms with E-state index in [-0.39, 0.29) is 24.0 Å². The Morgan fingerprint density at radius 1 is 1.47 bits per heavy atom. The Balaban J connectivity index is 0.00000133. The predicted octanol–water partition coefficient (Wildman–Crippen LogP) is 1.95. The zero-order chi connectivity index (χ0) is 12.6. The van der Waals surface area contributed by atoms with Crippen LogP contribution >= 0.6 is 24.0 Å². The molecule has 1 aliphatic carbocycles. The van der Waals surface area contributed by atoms with Crippen LogP contribution in [-0.4, -0.2) is 50.8 Å². The normalized spacial score (nSPS) is 37.6. The van der Waals surface area contributed by atoms with E-state index in [0.717, 1.165) is 50.6 Å². The fraction of sp³-hybridized carbons (Fsp3) is 0.929. The maximum atomic E-state index is 5.58. The molecule has 4 nitrogen and oxygen atoms in total. The predicted molar refractivity (Wildman–Crippen MR) is 88.1 cm³/mol. The average Bonchev–Trinajstić information content (AvgIpc) is 2.83. The number of nitrogens with zero attached hydrogens (tertiary/aromatic N) is 2. The van der Waals surface area contributed by atoms with Gasteiger partial charge in [0, 0.05) is 38.7 Å². The van der Waals surface area contributed by atoms with Gasteiger partial charge in [0.15, 0.2) is 5.96 Å². The second-order valence-electron chi connectivity index (χ2n) is 6.38. The van der Waals surface area contributed by atoms with Crippen LogP contribution in [0.4, 0.5) is 0 Å². The molecule has 3 atom stereocenters. The Hall–Kier alpha value is -0.0400. The highest BCUT2D eigenvalue weighted by atomic mass is 127. The van der Waals surface area contributed by atoms with Gasteiger partial charge in [-0.3, -0.25) is 4.99 Å². The van der Waals surface area contributed by atoms with Crippen LogP contribution in [0.3, 0.4) is 0 Å². The first-order valence-corrected chi connectivity index (χ1v) is 7.26. The lowest BCUT2D eigenvalue weighted by atomic mass is 9.87. The number of hydrogen-bond donors (Lipinski definition) is 1. The van der Waals surface area contributed by atoms with E-state index in [1.54, 1.807) is 0 Å². The van der Waals surface area contributed by atoms with Crippen molar-refractivity contribution in [2.75, 3.05) is 39.9 Å². The van der Waals surface area contributed by atoms with Crippen molar-refractivity contribution < 1.29 is 4.74 Å². The third-order valence-electron chi connectivity index (χ3n) is 4.93. The van der Waals surface area contributed by atoms with Crippen molar-refractivity contribution in [3.05, 3.63) is 0 Å². The molecule has 2 aliphatic heterocycles.